The second-order valence-electron chi connectivity index (χ2n) is 3.91. The lowest BCUT2D eigenvalue weighted by molar-refractivity contribution is -0.170. The second-order valence-corrected chi connectivity index (χ2v) is 4.35. The highest BCUT2D eigenvalue weighted by Gasteiger charge is 2.43. The maximum Gasteiger partial charge on any atom is 0.471 e. The molecule has 0 aliphatic heterocycles. The van der Waals surface area contributed by atoms with Gasteiger partial charge in [-0.15, -0.1) is 0 Å². The Labute approximate surface area is 122 Å². The summed E-state index contributed by atoms with van der Waals surface area (Å²) in [6.07, 6.45) is -5.80. The third kappa shape index (κ3) is 4.52. The van der Waals surface area contributed by atoms with Crippen molar-refractivity contribution in [2.75, 3.05) is 18.6 Å². The number of ether oxygens (including phenoxy) is 1. The SMILES string of the molecule is COc1ccc(Cl)cc1N(CCC(=O)O)C(=O)C(F)(F)F. The average Bonchev–Trinajstić information content (AvgIpc) is 2.37. The molecule has 9 heteroatoms. The van der Waals surface area contributed by atoms with Gasteiger partial charge >= 0.3 is 18.1 Å². The maximum atomic E-state index is 12.6. The smallest absolute Gasteiger partial charge is 0.471 e. The monoisotopic (exact) mass is 325 g/mol. The van der Waals surface area contributed by atoms with Crippen LogP contribution in [0.25, 0.3) is 0 Å². The fourth-order valence-corrected chi connectivity index (χ4v) is 1.73. The fraction of sp³-hybridized carbons (Fsp3) is 0.333. The Balaban J connectivity index is 3.26. The molecule has 116 valence electrons. The average molecular weight is 326 g/mol. The standard InChI is InChI=1S/C12H11ClF3NO4/c1-21-9-3-2-7(13)6-8(9)17(5-4-10(18)19)11(20)12(14,15)16/h2-3,6H,4-5H2,1H3,(H,18,19). The normalized spacial score (nSPS) is 11.1. The zero-order valence-electron chi connectivity index (χ0n) is 10.8. The van der Waals surface area contributed by atoms with E-state index in [1.807, 2.05) is 0 Å². The van der Waals surface area contributed by atoms with Crippen LogP contribution in [-0.2, 0) is 9.59 Å². The summed E-state index contributed by atoms with van der Waals surface area (Å²) in [4.78, 5) is 22.3. The van der Waals surface area contributed by atoms with Crippen molar-refractivity contribution < 1.29 is 32.6 Å². The molecule has 0 saturated heterocycles. The van der Waals surface area contributed by atoms with E-state index in [0.717, 1.165) is 6.07 Å². The van der Waals surface area contributed by atoms with Crippen molar-refractivity contribution in [3.8, 4) is 5.75 Å². The van der Waals surface area contributed by atoms with Crippen molar-refractivity contribution in [2.45, 2.75) is 12.6 Å². The number of carbonyl (C=O) groups excluding carboxylic acids is 1. The van der Waals surface area contributed by atoms with Crippen molar-refractivity contribution in [2.24, 2.45) is 0 Å². The first-order valence-corrected chi connectivity index (χ1v) is 5.98. The summed E-state index contributed by atoms with van der Waals surface area (Å²) in [6.45, 7) is -0.662. The van der Waals surface area contributed by atoms with E-state index < -0.39 is 31.0 Å². The molecule has 0 atom stereocenters. The first kappa shape index (κ1) is 17.1. The number of hydrogen-bond acceptors (Lipinski definition) is 3. The summed E-state index contributed by atoms with van der Waals surface area (Å²) in [6, 6.07) is 3.76. The van der Waals surface area contributed by atoms with Gasteiger partial charge < -0.3 is 14.7 Å². The van der Waals surface area contributed by atoms with E-state index in [-0.39, 0.29) is 16.5 Å². The number of hydrogen-bond donors (Lipinski definition) is 1. The number of methoxy groups -OCH3 is 1. The highest BCUT2D eigenvalue weighted by Crippen LogP contribution is 2.34. The van der Waals surface area contributed by atoms with Crippen LogP contribution in [-0.4, -0.2) is 36.8 Å². The molecule has 0 fully saturated rings. The third-order valence-electron chi connectivity index (χ3n) is 2.47. The Bertz CT molecular complexity index is 548. The van der Waals surface area contributed by atoms with Crippen molar-refractivity contribution in [3.63, 3.8) is 0 Å². The van der Waals surface area contributed by atoms with E-state index >= 15 is 0 Å². The van der Waals surface area contributed by atoms with Crippen LogP contribution in [0.2, 0.25) is 5.02 Å². The lowest BCUT2D eigenvalue weighted by Gasteiger charge is -2.25. The van der Waals surface area contributed by atoms with Crippen LogP contribution < -0.4 is 9.64 Å². The number of benzene rings is 1. The predicted octanol–water partition coefficient (Wildman–Crippen LogP) is 2.72. The van der Waals surface area contributed by atoms with Crippen molar-refractivity contribution in [1.82, 2.24) is 0 Å². The molecule has 1 rings (SSSR count). The van der Waals surface area contributed by atoms with Crippen molar-refractivity contribution in [1.29, 1.82) is 0 Å². The minimum Gasteiger partial charge on any atom is -0.495 e. The fourth-order valence-electron chi connectivity index (χ4n) is 1.57. The third-order valence-corrected chi connectivity index (χ3v) is 2.70. The van der Waals surface area contributed by atoms with Gasteiger partial charge in [0, 0.05) is 11.6 Å². The molecule has 0 radical (unpaired) electrons. The van der Waals surface area contributed by atoms with Gasteiger partial charge in [-0.05, 0) is 18.2 Å². The van der Waals surface area contributed by atoms with Gasteiger partial charge in [0.25, 0.3) is 0 Å². The van der Waals surface area contributed by atoms with E-state index in [9.17, 15) is 22.8 Å². The van der Waals surface area contributed by atoms with E-state index in [1.54, 1.807) is 0 Å². The molecule has 0 aliphatic carbocycles. The van der Waals surface area contributed by atoms with Crippen LogP contribution >= 0.6 is 11.6 Å². The minimum atomic E-state index is -5.15. The number of alkyl halides is 3. The number of nitrogens with zero attached hydrogens (tertiary/aromatic N) is 1. The van der Waals surface area contributed by atoms with Gasteiger partial charge in [0.2, 0.25) is 0 Å². The van der Waals surface area contributed by atoms with Crippen LogP contribution in [0.5, 0.6) is 5.75 Å². The summed E-state index contributed by atoms with van der Waals surface area (Å²) in [5.74, 6) is -3.55. The number of halogens is 4. The molecule has 1 N–H and O–H groups in total. The lowest BCUT2D eigenvalue weighted by Crippen LogP contribution is -2.42. The zero-order valence-corrected chi connectivity index (χ0v) is 11.5. The van der Waals surface area contributed by atoms with Crippen molar-refractivity contribution in [3.05, 3.63) is 23.2 Å². The summed E-state index contributed by atoms with van der Waals surface area (Å²) >= 11 is 5.71. The number of carbonyl (C=O) groups is 2. The van der Waals surface area contributed by atoms with Gasteiger partial charge in [0.05, 0.1) is 19.2 Å². The van der Waals surface area contributed by atoms with Gasteiger partial charge in [-0.1, -0.05) is 11.6 Å². The molecule has 21 heavy (non-hydrogen) atoms. The molecular weight excluding hydrogens is 315 g/mol. The molecule has 0 aromatic heterocycles. The summed E-state index contributed by atoms with van der Waals surface area (Å²) in [5.41, 5.74) is -0.242. The topological polar surface area (TPSA) is 66.8 Å². The van der Waals surface area contributed by atoms with Crippen LogP contribution in [0.1, 0.15) is 6.42 Å². The molecule has 0 aliphatic rings. The number of carboxylic acid groups (broad SMARTS) is 1. The van der Waals surface area contributed by atoms with E-state index in [1.165, 1.54) is 19.2 Å². The van der Waals surface area contributed by atoms with E-state index in [2.05, 4.69) is 0 Å². The number of amides is 1. The van der Waals surface area contributed by atoms with Gasteiger partial charge in [-0.2, -0.15) is 13.2 Å². The predicted molar refractivity (Wildman–Crippen MR) is 68.7 cm³/mol. The summed E-state index contributed by atoms with van der Waals surface area (Å²) < 4.78 is 42.8. The van der Waals surface area contributed by atoms with Gasteiger partial charge in [0.1, 0.15) is 5.75 Å². The van der Waals surface area contributed by atoms with Gasteiger partial charge in [0.15, 0.2) is 0 Å². The van der Waals surface area contributed by atoms with Gasteiger partial charge in [-0.25, -0.2) is 0 Å². The molecule has 0 bridgehead atoms. The Morgan fingerprint density at radius 3 is 2.48 bits per heavy atom. The Morgan fingerprint density at radius 2 is 2.00 bits per heavy atom. The Kier molecular flexibility index (Phi) is 5.42. The Morgan fingerprint density at radius 1 is 1.38 bits per heavy atom. The molecule has 5 nitrogen and oxygen atoms in total. The Hall–Kier alpha value is -1.96. The van der Waals surface area contributed by atoms with Crippen LogP contribution in [0.15, 0.2) is 18.2 Å². The largest absolute Gasteiger partial charge is 0.495 e. The first-order chi connectivity index (χ1) is 9.66. The molecule has 0 heterocycles. The molecule has 0 spiro atoms. The summed E-state index contributed by atoms with van der Waals surface area (Å²) in [7, 11) is 1.21. The second kappa shape index (κ2) is 6.66. The molecule has 1 amide bonds. The number of rotatable bonds is 5. The maximum absolute atomic E-state index is 12.6. The van der Waals surface area contributed by atoms with Gasteiger partial charge in [-0.3, -0.25) is 9.59 Å². The highest BCUT2D eigenvalue weighted by atomic mass is 35.5. The number of aliphatic carboxylic acids is 1. The number of anilines is 1. The quantitative estimate of drug-likeness (QED) is 0.904. The van der Waals surface area contributed by atoms with E-state index in [4.69, 9.17) is 21.4 Å². The van der Waals surface area contributed by atoms with Crippen LogP contribution in [0.3, 0.4) is 0 Å². The van der Waals surface area contributed by atoms with Crippen LogP contribution in [0, 0.1) is 0 Å². The molecule has 0 saturated carbocycles. The molecule has 1 aromatic rings. The molecular formula is C12H11ClF3NO4. The first-order valence-electron chi connectivity index (χ1n) is 5.61. The van der Waals surface area contributed by atoms with Crippen molar-refractivity contribution >= 4 is 29.2 Å². The van der Waals surface area contributed by atoms with Crippen LogP contribution in [0.4, 0.5) is 18.9 Å². The zero-order chi connectivity index (χ0) is 16.2. The highest BCUT2D eigenvalue weighted by molar-refractivity contribution is 6.31. The minimum absolute atomic E-state index is 0.0256. The molecule has 1 aromatic carbocycles. The lowest BCUT2D eigenvalue weighted by atomic mass is 10.2. The summed E-state index contributed by atoms with van der Waals surface area (Å²) in [5, 5.41) is 8.68. The van der Waals surface area contributed by atoms with E-state index in [0.29, 0.717) is 4.90 Å². The number of carboxylic acids is 1. The molecule has 0 unspecified atom stereocenters.